The second-order valence-electron chi connectivity index (χ2n) is 5.72. The van der Waals surface area contributed by atoms with Crippen molar-refractivity contribution in [2.75, 3.05) is 39.8 Å². The number of aryl methyl sites for hydroxylation is 1. The molecule has 0 saturated carbocycles. The maximum Gasteiger partial charge on any atom is 0.0483 e. The van der Waals surface area contributed by atoms with Gasteiger partial charge in [0.15, 0.2) is 0 Å². The molecule has 3 heteroatoms. The molecule has 0 aliphatic carbocycles. The summed E-state index contributed by atoms with van der Waals surface area (Å²) in [5, 5.41) is 1.35. The zero-order valence-electron chi connectivity index (χ0n) is 12.0. The summed E-state index contributed by atoms with van der Waals surface area (Å²) >= 11 is 0. The first kappa shape index (κ1) is 12.7. The molecule has 1 aliphatic rings. The zero-order valence-corrected chi connectivity index (χ0v) is 12.0. The molecule has 19 heavy (non-hydrogen) atoms. The molecule has 0 spiro atoms. The Bertz CT molecular complexity index is 550. The predicted molar refractivity (Wildman–Crippen MR) is 80.6 cm³/mol. The van der Waals surface area contributed by atoms with Crippen molar-refractivity contribution >= 4 is 10.9 Å². The maximum atomic E-state index is 2.57. The highest BCUT2D eigenvalue weighted by Crippen LogP contribution is 2.17. The summed E-state index contributed by atoms with van der Waals surface area (Å²) in [7, 11) is 2.21. The van der Waals surface area contributed by atoms with Gasteiger partial charge in [0.1, 0.15) is 0 Å². The molecule has 0 amide bonds. The van der Waals surface area contributed by atoms with Gasteiger partial charge in [0, 0.05) is 51.0 Å². The summed E-state index contributed by atoms with van der Waals surface area (Å²) in [5.41, 5.74) is 2.71. The first-order chi connectivity index (χ1) is 9.22. The van der Waals surface area contributed by atoms with Crippen LogP contribution in [0.1, 0.15) is 5.56 Å². The Balaban J connectivity index is 1.67. The van der Waals surface area contributed by atoms with Gasteiger partial charge in [-0.2, -0.15) is 0 Å². The van der Waals surface area contributed by atoms with Crippen molar-refractivity contribution in [3.63, 3.8) is 0 Å². The van der Waals surface area contributed by atoms with Crippen molar-refractivity contribution in [2.45, 2.75) is 13.5 Å². The minimum absolute atomic E-state index is 1.09. The van der Waals surface area contributed by atoms with Crippen LogP contribution in [0.4, 0.5) is 0 Å². The van der Waals surface area contributed by atoms with Crippen LogP contribution in [0.2, 0.25) is 0 Å². The predicted octanol–water partition coefficient (Wildman–Crippen LogP) is 2.20. The second kappa shape index (κ2) is 5.35. The lowest BCUT2D eigenvalue weighted by molar-refractivity contribution is 0.150. The molecule has 0 radical (unpaired) electrons. The average Bonchev–Trinajstić information content (AvgIpc) is 2.80. The van der Waals surface area contributed by atoms with E-state index in [9.17, 15) is 0 Å². The monoisotopic (exact) mass is 257 g/mol. The van der Waals surface area contributed by atoms with E-state index in [4.69, 9.17) is 0 Å². The topological polar surface area (TPSA) is 11.4 Å². The standard InChI is InChI=1S/C16H23N3/c1-14-3-4-15-5-6-19(16(15)13-14)12-11-18-9-7-17(2)8-10-18/h3-6,13H,7-12H2,1-2H3. The molecule has 3 nitrogen and oxygen atoms in total. The van der Waals surface area contributed by atoms with E-state index >= 15 is 0 Å². The molecule has 0 unspecified atom stereocenters. The summed E-state index contributed by atoms with van der Waals surface area (Å²) in [6.07, 6.45) is 2.22. The highest BCUT2D eigenvalue weighted by molar-refractivity contribution is 5.80. The molecule has 2 aromatic rings. The molecule has 3 rings (SSSR count). The fraction of sp³-hybridized carbons (Fsp3) is 0.500. The molecule has 2 heterocycles. The number of benzene rings is 1. The molecule has 1 saturated heterocycles. The number of hydrogen-bond donors (Lipinski definition) is 0. The van der Waals surface area contributed by atoms with Crippen molar-refractivity contribution in [2.24, 2.45) is 0 Å². The molecule has 0 atom stereocenters. The van der Waals surface area contributed by atoms with Gasteiger partial charge in [0.05, 0.1) is 0 Å². The summed E-state index contributed by atoms with van der Waals surface area (Å²) in [5.74, 6) is 0. The Morgan fingerprint density at radius 3 is 2.58 bits per heavy atom. The Morgan fingerprint density at radius 1 is 1.00 bits per heavy atom. The van der Waals surface area contributed by atoms with Gasteiger partial charge >= 0.3 is 0 Å². The van der Waals surface area contributed by atoms with E-state index in [1.165, 1.54) is 42.6 Å². The highest BCUT2D eigenvalue weighted by Gasteiger charge is 2.13. The van der Waals surface area contributed by atoms with Gasteiger partial charge in [-0.1, -0.05) is 12.1 Å². The van der Waals surface area contributed by atoms with Crippen molar-refractivity contribution in [3.05, 3.63) is 36.0 Å². The Hall–Kier alpha value is -1.32. The SMILES string of the molecule is Cc1ccc2ccn(CCN3CCN(C)CC3)c2c1. The zero-order chi connectivity index (χ0) is 13.2. The maximum absolute atomic E-state index is 2.57. The number of aromatic nitrogens is 1. The molecule has 1 fully saturated rings. The van der Waals surface area contributed by atoms with E-state index in [0.29, 0.717) is 0 Å². The quantitative estimate of drug-likeness (QED) is 0.835. The summed E-state index contributed by atoms with van der Waals surface area (Å²) in [6.45, 7) is 9.22. The number of piperazine rings is 1. The van der Waals surface area contributed by atoms with E-state index < -0.39 is 0 Å². The third-order valence-corrected chi connectivity index (χ3v) is 4.18. The van der Waals surface area contributed by atoms with E-state index in [-0.39, 0.29) is 0 Å². The van der Waals surface area contributed by atoms with E-state index in [1.54, 1.807) is 0 Å². The fourth-order valence-electron chi connectivity index (χ4n) is 2.81. The molecular formula is C16H23N3. The first-order valence-corrected chi connectivity index (χ1v) is 7.19. The lowest BCUT2D eigenvalue weighted by Gasteiger charge is -2.32. The van der Waals surface area contributed by atoms with Crippen LogP contribution in [-0.2, 0) is 6.54 Å². The molecule has 0 bridgehead atoms. The largest absolute Gasteiger partial charge is 0.346 e. The first-order valence-electron chi connectivity index (χ1n) is 7.19. The number of hydrogen-bond acceptors (Lipinski definition) is 2. The summed E-state index contributed by atoms with van der Waals surface area (Å²) in [4.78, 5) is 4.98. The average molecular weight is 257 g/mol. The smallest absolute Gasteiger partial charge is 0.0483 e. The normalized spacial score (nSPS) is 18.2. The van der Waals surface area contributed by atoms with Crippen LogP contribution in [-0.4, -0.2) is 54.1 Å². The van der Waals surface area contributed by atoms with Crippen LogP contribution in [0, 0.1) is 6.92 Å². The lowest BCUT2D eigenvalue weighted by atomic mass is 10.2. The highest BCUT2D eigenvalue weighted by atomic mass is 15.2. The summed E-state index contributed by atoms with van der Waals surface area (Å²) in [6, 6.07) is 8.92. The summed E-state index contributed by atoms with van der Waals surface area (Å²) < 4.78 is 2.39. The third-order valence-electron chi connectivity index (χ3n) is 4.18. The van der Waals surface area contributed by atoms with Gasteiger partial charge < -0.3 is 9.47 Å². The van der Waals surface area contributed by atoms with Crippen LogP contribution < -0.4 is 0 Å². The van der Waals surface area contributed by atoms with Gasteiger partial charge in [0.25, 0.3) is 0 Å². The Kier molecular flexibility index (Phi) is 3.58. The molecular weight excluding hydrogens is 234 g/mol. The molecule has 1 aliphatic heterocycles. The van der Waals surface area contributed by atoms with Crippen molar-refractivity contribution in [1.29, 1.82) is 0 Å². The fourth-order valence-corrected chi connectivity index (χ4v) is 2.81. The van der Waals surface area contributed by atoms with Crippen LogP contribution in [0.3, 0.4) is 0 Å². The van der Waals surface area contributed by atoms with Crippen LogP contribution in [0.5, 0.6) is 0 Å². The van der Waals surface area contributed by atoms with Gasteiger partial charge in [-0.3, -0.25) is 4.90 Å². The van der Waals surface area contributed by atoms with E-state index in [0.717, 1.165) is 13.1 Å². The van der Waals surface area contributed by atoms with E-state index in [1.807, 2.05) is 0 Å². The van der Waals surface area contributed by atoms with Gasteiger partial charge in [-0.25, -0.2) is 0 Å². The van der Waals surface area contributed by atoms with Crippen molar-refractivity contribution in [3.8, 4) is 0 Å². The van der Waals surface area contributed by atoms with Crippen molar-refractivity contribution < 1.29 is 0 Å². The van der Waals surface area contributed by atoms with Crippen molar-refractivity contribution in [1.82, 2.24) is 14.4 Å². The number of nitrogens with zero attached hydrogens (tertiary/aromatic N) is 3. The molecule has 102 valence electrons. The molecule has 0 N–H and O–H groups in total. The number of fused-ring (bicyclic) bond motifs is 1. The second-order valence-corrected chi connectivity index (χ2v) is 5.72. The minimum Gasteiger partial charge on any atom is -0.346 e. The number of likely N-dealkylation sites (N-methyl/N-ethyl adjacent to an activating group) is 1. The van der Waals surface area contributed by atoms with Gasteiger partial charge in [0.2, 0.25) is 0 Å². The van der Waals surface area contributed by atoms with Gasteiger partial charge in [-0.15, -0.1) is 0 Å². The molecule has 1 aromatic carbocycles. The Morgan fingerprint density at radius 2 is 1.79 bits per heavy atom. The molecule has 1 aromatic heterocycles. The van der Waals surface area contributed by atoms with Crippen LogP contribution in [0.25, 0.3) is 10.9 Å². The van der Waals surface area contributed by atoms with Gasteiger partial charge in [-0.05, 0) is 37.1 Å². The third kappa shape index (κ3) is 2.82. The number of rotatable bonds is 3. The van der Waals surface area contributed by atoms with Crippen LogP contribution in [0.15, 0.2) is 30.5 Å². The van der Waals surface area contributed by atoms with E-state index in [2.05, 4.69) is 58.8 Å². The van der Waals surface area contributed by atoms with Crippen LogP contribution >= 0.6 is 0 Å². The minimum atomic E-state index is 1.09. The Labute approximate surface area is 115 Å². The lowest BCUT2D eigenvalue weighted by Crippen LogP contribution is -2.45.